The number of aromatic nitrogens is 3. The van der Waals surface area contributed by atoms with Crippen LogP contribution in [0.1, 0.15) is 59.1 Å². The van der Waals surface area contributed by atoms with E-state index in [1.54, 1.807) is 6.92 Å². The molecule has 0 atom stereocenters. The van der Waals surface area contributed by atoms with Gasteiger partial charge in [-0.2, -0.15) is 15.4 Å². The summed E-state index contributed by atoms with van der Waals surface area (Å²) in [6, 6.07) is 9.73. The van der Waals surface area contributed by atoms with E-state index in [0.717, 1.165) is 23.1 Å². The zero-order chi connectivity index (χ0) is 23.0. The van der Waals surface area contributed by atoms with Gasteiger partial charge in [0.25, 0.3) is 0 Å². The topological polar surface area (TPSA) is 90.9 Å². The molecule has 164 valence electrons. The average molecular weight is 421 g/mol. The van der Waals surface area contributed by atoms with Gasteiger partial charge in [0.15, 0.2) is 0 Å². The summed E-state index contributed by atoms with van der Waals surface area (Å²) < 4.78 is 0. The van der Waals surface area contributed by atoms with Crippen LogP contribution in [-0.2, 0) is 16.8 Å². The lowest BCUT2D eigenvalue weighted by Crippen LogP contribution is -2.26. The highest BCUT2D eigenvalue weighted by Crippen LogP contribution is 2.42. The summed E-state index contributed by atoms with van der Waals surface area (Å²) in [7, 11) is 0. The zero-order valence-corrected chi connectivity index (χ0v) is 19.3. The number of nitrogens with zero attached hydrogens (tertiary/aromatic N) is 2. The molecule has 3 aromatic rings. The maximum Gasteiger partial charge on any atom is 0.246 e. The maximum atomic E-state index is 12.1. The van der Waals surface area contributed by atoms with Crippen molar-refractivity contribution in [2.75, 3.05) is 0 Å². The Labute approximate surface area is 183 Å². The highest BCUT2D eigenvalue weighted by molar-refractivity contribution is 5.94. The monoisotopic (exact) mass is 420 g/mol. The number of H-pyrrole nitrogens is 1. The smallest absolute Gasteiger partial charge is 0.246 e. The van der Waals surface area contributed by atoms with E-state index in [2.05, 4.69) is 61.9 Å². The van der Waals surface area contributed by atoms with E-state index in [1.807, 2.05) is 30.3 Å². The lowest BCUT2D eigenvalue weighted by molar-refractivity contribution is -0.117. The summed E-state index contributed by atoms with van der Waals surface area (Å²) in [5.41, 5.74) is 5.06. The molecule has 0 fully saturated rings. The first kappa shape index (κ1) is 22.5. The molecule has 0 radical (unpaired) electrons. The van der Waals surface area contributed by atoms with Crippen LogP contribution in [0.3, 0.4) is 0 Å². The van der Waals surface area contributed by atoms with E-state index in [1.165, 1.54) is 0 Å². The van der Waals surface area contributed by atoms with Crippen molar-refractivity contribution in [1.82, 2.24) is 20.7 Å². The van der Waals surface area contributed by atoms with Crippen molar-refractivity contribution >= 4 is 16.9 Å². The number of hydrogen-bond acceptors (Lipinski definition) is 4. The van der Waals surface area contributed by atoms with Crippen LogP contribution in [0.4, 0.5) is 0 Å². The molecule has 0 spiro atoms. The molecular formula is C25H32N4O2. The van der Waals surface area contributed by atoms with Crippen LogP contribution in [0.2, 0.25) is 0 Å². The van der Waals surface area contributed by atoms with Gasteiger partial charge >= 0.3 is 0 Å². The summed E-state index contributed by atoms with van der Waals surface area (Å²) >= 11 is 0. The van der Waals surface area contributed by atoms with Gasteiger partial charge in [-0.25, -0.2) is 0 Å². The number of nitrogens with one attached hydrogen (secondary N) is 2. The Morgan fingerprint density at radius 2 is 1.84 bits per heavy atom. The number of phenolic OH excluding ortho intramolecular Hbond substituents is 1. The molecule has 0 bridgehead atoms. The number of benzene rings is 2. The van der Waals surface area contributed by atoms with Gasteiger partial charge in [-0.1, -0.05) is 53.3 Å². The summed E-state index contributed by atoms with van der Waals surface area (Å²) in [6.45, 7) is 16.6. The van der Waals surface area contributed by atoms with Crippen molar-refractivity contribution in [3.8, 4) is 16.9 Å². The molecule has 2 aromatic carbocycles. The molecule has 1 amide bonds. The second-order valence-corrected chi connectivity index (χ2v) is 10.1. The number of carbonyl (C=O) groups excluding carboxylic acids is 1. The van der Waals surface area contributed by atoms with Gasteiger partial charge in [-0.3, -0.25) is 4.79 Å². The van der Waals surface area contributed by atoms with Gasteiger partial charge in [0.05, 0.1) is 0 Å². The molecule has 0 aliphatic rings. The van der Waals surface area contributed by atoms with Gasteiger partial charge in [0.2, 0.25) is 5.91 Å². The number of rotatable bonds is 6. The number of hydrogen-bond donors (Lipinski definition) is 3. The predicted octanol–water partition coefficient (Wildman–Crippen LogP) is 5.24. The molecule has 6 heteroatoms. The standard InChI is InChI=1S/C25H32N4O2/c1-15(2)23(31)26-13-16-11-17(25(6,7)14-24(3,4)5)12-19(22(16)30)18-9-8-10-20-21(18)28-29-27-20/h8-12,30H,1,13-14H2,2-7H3,(H,26,31)(H,27,28,29). The number of phenols is 1. The van der Waals surface area contributed by atoms with Crippen LogP contribution >= 0.6 is 0 Å². The van der Waals surface area contributed by atoms with Crippen molar-refractivity contribution in [2.45, 2.75) is 59.9 Å². The number of fused-ring (bicyclic) bond motifs is 1. The number of carbonyl (C=O) groups is 1. The minimum atomic E-state index is -0.237. The second kappa shape index (κ2) is 8.17. The van der Waals surface area contributed by atoms with E-state index in [0.29, 0.717) is 22.2 Å². The third-order valence-electron chi connectivity index (χ3n) is 5.41. The van der Waals surface area contributed by atoms with E-state index in [9.17, 15) is 9.90 Å². The Balaban J connectivity index is 2.17. The van der Waals surface area contributed by atoms with Crippen LogP contribution < -0.4 is 5.32 Å². The van der Waals surface area contributed by atoms with Crippen LogP contribution in [0.15, 0.2) is 42.5 Å². The van der Waals surface area contributed by atoms with Crippen LogP contribution in [0, 0.1) is 5.41 Å². The first-order valence-corrected chi connectivity index (χ1v) is 10.5. The molecule has 1 aromatic heterocycles. The van der Waals surface area contributed by atoms with Crippen molar-refractivity contribution in [2.24, 2.45) is 5.41 Å². The normalized spacial score (nSPS) is 12.2. The van der Waals surface area contributed by atoms with Gasteiger partial charge in [0, 0.05) is 28.8 Å². The fraction of sp³-hybridized carbons (Fsp3) is 0.400. The Morgan fingerprint density at radius 3 is 2.48 bits per heavy atom. The Bertz CT molecular complexity index is 1140. The lowest BCUT2D eigenvalue weighted by atomic mass is 9.71. The maximum absolute atomic E-state index is 12.1. The molecule has 6 nitrogen and oxygen atoms in total. The molecule has 1 heterocycles. The minimum Gasteiger partial charge on any atom is -0.507 e. The largest absolute Gasteiger partial charge is 0.507 e. The highest BCUT2D eigenvalue weighted by atomic mass is 16.3. The molecule has 0 saturated heterocycles. The minimum absolute atomic E-state index is 0.127. The van der Waals surface area contributed by atoms with Crippen LogP contribution in [0.5, 0.6) is 5.75 Å². The Kier molecular flexibility index (Phi) is 5.94. The van der Waals surface area contributed by atoms with E-state index >= 15 is 0 Å². The van der Waals surface area contributed by atoms with Gasteiger partial charge in [0.1, 0.15) is 16.8 Å². The first-order chi connectivity index (χ1) is 14.4. The van der Waals surface area contributed by atoms with E-state index < -0.39 is 0 Å². The van der Waals surface area contributed by atoms with Crippen molar-refractivity contribution < 1.29 is 9.90 Å². The van der Waals surface area contributed by atoms with Crippen molar-refractivity contribution in [3.05, 3.63) is 53.6 Å². The number of para-hydroxylation sites is 1. The molecule has 31 heavy (non-hydrogen) atoms. The Morgan fingerprint density at radius 1 is 1.13 bits per heavy atom. The van der Waals surface area contributed by atoms with Crippen molar-refractivity contribution in [3.63, 3.8) is 0 Å². The number of amides is 1. The molecule has 3 rings (SSSR count). The summed E-state index contributed by atoms with van der Waals surface area (Å²) in [4.78, 5) is 12.1. The molecule has 0 aliphatic carbocycles. The quantitative estimate of drug-likeness (QED) is 0.476. The Hall–Kier alpha value is -3.15. The summed E-state index contributed by atoms with van der Waals surface area (Å²) in [6.07, 6.45) is 0.954. The highest BCUT2D eigenvalue weighted by Gasteiger charge is 2.29. The van der Waals surface area contributed by atoms with Gasteiger partial charge < -0.3 is 10.4 Å². The second-order valence-electron chi connectivity index (χ2n) is 10.1. The van der Waals surface area contributed by atoms with E-state index in [-0.39, 0.29) is 29.0 Å². The van der Waals surface area contributed by atoms with Gasteiger partial charge in [-0.15, -0.1) is 0 Å². The predicted molar refractivity (Wildman–Crippen MR) is 125 cm³/mol. The third kappa shape index (κ3) is 4.95. The molecule has 0 saturated carbocycles. The number of aromatic hydroxyl groups is 1. The summed E-state index contributed by atoms with van der Waals surface area (Å²) in [5, 5.41) is 25.1. The SMILES string of the molecule is C=C(C)C(=O)NCc1cc(C(C)(C)CC(C)(C)C)cc(-c2cccc3n[nH]nc23)c1O. The lowest BCUT2D eigenvalue weighted by Gasteiger charge is -2.34. The zero-order valence-electron chi connectivity index (χ0n) is 19.3. The first-order valence-electron chi connectivity index (χ1n) is 10.5. The van der Waals surface area contributed by atoms with Gasteiger partial charge in [-0.05, 0) is 47.9 Å². The average Bonchev–Trinajstić information content (AvgIpc) is 3.13. The van der Waals surface area contributed by atoms with Crippen molar-refractivity contribution in [1.29, 1.82) is 0 Å². The molecule has 0 aliphatic heterocycles. The summed E-state index contributed by atoms with van der Waals surface area (Å²) in [5.74, 6) is -0.105. The number of aromatic amines is 1. The van der Waals surface area contributed by atoms with Crippen LogP contribution in [-0.4, -0.2) is 26.4 Å². The molecule has 0 unspecified atom stereocenters. The van der Waals surface area contributed by atoms with Crippen LogP contribution in [0.25, 0.3) is 22.2 Å². The molecule has 3 N–H and O–H groups in total. The third-order valence-corrected chi connectivity index (χ3v) is 5.41. The molecular weight excluding hydrogens is 388 g/mol. The fourth-order valence-electron chi connectivity index (χ4n) is 4.26. The fourth-order valence-corrected chi connectivity index (χ4v) is 4.26. The van der Waals surface area contributed by atoms with E-state index in [4.69, 9.17) is 0 Å².